The number of benzene rings is 1. The maximum Gasteiger partial charge on any atom is 0.254 e. The summed E-state index contributed by atoms with van der Waals surface area (Å²) in [5, 5.41) is 0. The molecule has 0 aliphatic heterocycles. The van der Waals surface area contributed by atoms with E-state index in [4.69, 9.17) is 0 Å². The number of nitrogens with zero attached hydrogens (tertiary/aromatic N) is 2. The molecule has 1 heterocycles. The number of aromatic nitrogens is 1. The van der Waals surface area contributed by atoms with Crippen molar-refractivity contribution in [2.45, 2.75) is 50.2 Å². The number of rotatable bonds is 7. The van der Waals surface area contributed by atoms with Crippen molar-refractivity contribution in [3.8, 4) is 0 Å². The molecule has 0 unspecified atom stereocenters. The number of hydrogen-bond acceptors (Lipinski definition) is 4. The normalized spacial score (nSPS) is 14.4. The van der Waals surface area contributed by atoms with Crippen molar-refractivity contribution in [2.24, 2.45) is 0 Å². The van der Waals surface area contributed by atoms with Gasteiger partial charge in [-0.25, -0.2) is 13.1 Å². The van der Waals surface area contributed by atoms with Crippen LogP contribution in [0.4, 0.5) is 0 Å². The smallest absolute Gasteiger partial charge is 0.254 e. The average Bonchev–Trinajstić information content (AvgIpc) is 3.44. The number of carbonyl (C=O) groups excluding carboxylic acids is 1. The highest BCUT2D eigenvalue weighted by molar-refractivity contribution is 7.89. The van der Waals surface area contributed by atoms with Gasteiger partial charge in [0, 0.05) is 36.6 Å². The minimum absolute atomic E-state index is 0.106. The second-order valence-electron chi connectivity index (χ2n) is 6.83. The zero-order valence-corrected chi connectivity index (χ0v) is 15.7. The summed E-state index contributed by atoms with van der Waals surface area (Å²) in [6.07, 6.45) is 5.39. The Kier molecular flexibility index (Phi) is 5.38. The van der Waals surface area contributed by atoms with Gasteiger partial charge in [-0.15, -0.1) is 0 Å². The molecule has 0 bridgehead atoms. The third-order valence-corrected chi connectivity index (χ3v) is 5.76. The van der Waals surface area contributed by atoms with Crippen molar-refractivity contribution in [1.82, 2.24) is 14.6 Å². The molecular weight excluding hydrogens is 350 g/mol. The van der Waals surface area contributed by atoms with Crippen molar-refractivity contribution in [2.75, 3.05) is 0 Å². The molecule has 7 heteroatoms. The van der Waals surface area contributed by atoms with E-state index in [9.17, 15) is 13.2 Å². The second kappa shape index (κ2) is 7.55. The SMILES string of the molecule is CC(C)NS(=O)(=O)c1cccc(C(=O)N(Cc2cccnc2)C2CC2)c1. The van der Waals surface area contributed by atoms with Gasteiger partial charge in [0.15, 0.2) is 0 Å². The number of amides is 1. The number of sulfonamides is 1. The Labute approximate surface area is 154 Å². The Morgan fingerprint density at radius 2 is 2.04 bits per heavy atom. The molecule has 1 saturated carbocycles. The van der Waals surface area contributed by atoms with Crippen molar-refractivity contribution >= 4 is 15.9 Å². The molecule has 1 aliphatic carbocycles. The predicted molar refractivity (Wildman–Crippen MR) is 99.0 cm³/mol. The summed E-state index contributed by atoms with van der Waals surface area (Å²) in [5.41, 5.74) is 1.34. The summed E-state index contributed by atoms with van der Waals surface area (Å²) in [6, 6.07) is 9.99. The van der Waals surface area contributed by atoms with E-state index in [1.54, 1.807) is 43.3 Å². The zero-order valence-electron chi connectivity index (χ0n) is 14.9. The van der Waals surface area contributed by atoms with E-state index in [0.717, 1.165) is 18.4 Å². The fourth-order valence-electron chi connectivity index (χ4n) is 2.78. The van der Waals surface area contributed by atoms with Crippen LogP contribution >= 0.6 is 0 Å². The first-order valence-electron chi connectivity index (χ1n) is 8.69. The van der Waals surface area contributed by atoms with Gasteiger partial charge in [-0.1, -0.05) is 12.1 Å². The standard InChI is InChI=1S/C19H23N3O3S/c1-14(2)21-26(24,25)18-7-3-6-16(11-18)19(23)22(17-8-9-17)13-15-5-4-10-20-12-15/h3-7,10-12,14,17,21H,8-9,13H2,1-2H3. The molecule has 6 nitrogen and oxygen atoms in total. The van der Waals surface area contributed by atoms with E-state index in [0.29, 0.717) is 12.1 Å². The maximum absolute atomic E-state index is 13.0. The van der Waals surface area contributed by atoms with Crippen LogP contribution in [-0.4, -0.2) is 36.3 Å². The number of pyridine rings is 1. The summed E-state index contributed by atoms with van der Waals surface area (Å²) in [6.45, 7) is 3.99. The Morgan fingerprint density at radius 1 is 1.27 bits per heavy atom. The Hall–Kier alpha value is -2.25. The third-order valence-electron chi connectivity index (χ3n) is 4.11. The van der Waals surface area contributed by atoms with Crippen LogP contribution in [-0.2, 0) is 16.6 Å². The van der Waals surface area contributed by atoms with Crippen LogP contribution in [0.25, 0.3) is 0 Å². The number of hydrogen-bond donors (Lipinski definition) is 1. The van der Waals surface area contributed by atoms with E-state index in [1.165, 1.54) is 12.1 Å². The van der Waals surface area contributed by atoms with Crippen molar-refractivity contribution in [3.63, 3.8) is 0 Å². The lowest BCUT2D eigenvalue weighted by Crippen LogP contribution is -2.33. The lowest BCUT2D eigenvalue weighted by molar-refractivity contribution is 0.0729. The molecule has 1 fully saturated rings. The molecule has 1 aliphatic rings. The van der Waals surface area contributed by atoms with E-state index in [-0.39, 0.29) is 22.9 Å². The summed E-state index contributed by atoms with van der Waals surface area (Å²) < 4.78 is 27.3. The van der Waals surface area contributed by atoms with Gasteiger partial charge in [0.05, 0.1) is 4.90 Å². The fourth-order valence-corrected chi connectivity index (χ4v) is 4.08. The van der Waals surface area contributed by atoms with Gasteiger partial charge in [0.2, 0.25) is 10.0 Å². The summed E-state index contributed by atoms with van der Waals surface area (Å²) in [5.74, 6) is -0.155. The lowest BCUT2D eigenvalue weighted by Gasteiger charge is -2.23. The fraction of sp³-hybridized carbons (Fsp3) is 0.368. The van der Waals surface area contributed by atoms with Crippen LogP contribution in [0, 0.1) is 0 Å². The summed E-state index contributed by atoms with van der Waals surface area (Å²) in [7, 11) is -3.64. The monoisotopic (exact) mass is 373 g/mol. The first-order valence-corrected chi connectivity index (χ1v) is 10.2. The Bertz CT molecular complexity index is 878. The molecule has 1 aromatic heterocycles. The predicted octanol–water partition coefficient (Wildman–Crippen LogP) is 2.57. The molecular formula is C19H23N3O3S. The highest BCUT2D eigenvalue weighted by Crippen LogP contribution is 2.30. The molecule has 0 saturated heterocycles. The van der Waals surface area contributed by atoms with Gasteiger partial charge in [-0.3, -0.25) is 9.78 Å². The van der Waals surface area contributed by atoms with Crippen molar-refractivity contribution < 1.29 is 13.2 Å². The molecule has 26 heavy (non-hydrogen) atoms. The van der Waals surface area contributed by atoms with Crippen LogP contribution in [0.3, 0.4) is 0 Å². The third kappa shape index (κ3) is 4.47. The van der Waals surface area contributed by atoms with Crippen LogP contribution < -0.4 is 4.72 Å². The van der Waals surface area contributed by atoms with Crippen LogP contribution in [0.15, 0.2) is 53.7 Å². The molecule has 0 radical (unpaired) electrons. The van der Waals surface area contributed by atoms with Gasteiger partial charge in [-0.05, 0) is 56.5 Å². The molecule has 2 aromatic rings. The Morgan fingerprint density at radius 3 is 2.65 bits per heavy atom. The molecule has 3 rings (SSSR count). The summed E-state index contributed by atoms with van der Waals surface area (Å²) >= 11 is 0. The van der Waals surface area contributed by atoms with Crippen LogP contribution in [0.1, 0.15) is 42.6 Å². The molecule has 0 spiro atoms. The highest BCUT2D eigenvalue weighted by atomic mass is 32.2. The minimum Gasteiger partial charge on any atom is -0.331 e. The quantitative estimate of drug-likeness (QED) is 0.809. The second-order valence-corrected chi connectivity index (χ2v) is 8.54. The molecule has 1 N–H and O–H groups in total. The highest BCUT2D eigenvalue weighted by Gasteiger charge is 2.33. The van der Waals surface area contributed by atoms with Crippen molar-refractivity contribution in [1.29, 1.82) is 0 Å². The van der Waals surface area contributed by atoms with E-state index < -0.39 is 10.0 Å². The number of carbonyl (C=O) groups is 1. The van der Waals surface area contributed by atoms with Gasteiger partial charge in [0.25, 0.3) is 5.91 Å². The minimum atomic E-state index is -3.64. The zero-order chi connectivity index (χ0) is 18.7. The molecule has 0 atom stereocenters. The van der Waals surface area contributed by atoms with E-state index in [2.05, 4.69) is 9.71 Å². The molecule has 1 amide bonds. The van der Waals surface area contributed by atoms with Gasteiger partial charge < -0.3 is 4.90 Å². The molecule has 1 aromatic carbocycles. The van der Waals surface area contributed by atoms with E-state index >= 15 is 0 Å². The maximum atomic E-state index is 13.0. The van der Waals surface area contributed by atoms with Gasteiger partial charge >= 0.3 is 0 Å². The van der Waals surface area contributed by atoms with Gasteiger partial charge in [0.1, 0.15) is 0 Å². The average molecular weight is 373 g/mol. The first-order chi connectivity index (χ1) is 12.4. The van der Waals surface area contributed by atoms with Crippen LogP contribution in [0.5, 0.6) is 0 Å². The first kappa shape index (κ1) is 18.5. The summed E-state index contributed by atoms with van der Waals surface area (Å²) in [4.78, 5) is 19.0. The largest absolute Gasteiger partial charge is 0.331 e. The number of nitrogens with one attached hydrogen (secondary N) is 1. The van der Waals surface area contributed by atoms with Crippen LogP contribution in [0.2, 0.25) is 0 Å². The lowest BCUT2D eigenvalue weighted by atomic mass is 10.1. The topological polar surface area (TPSA) is 79.4 Å². The van der Waals surface area contributed by atoms with Crippen molar-refractivity contribution in [3.05, 3.63) is 59.9 Å². The Balaban J connectivity index is 1.85. The van der Waals surface area contributed by atoms with Gasteiger partial charge in [-0.2, -0.15) is 0 Å². The molecule has 138 valence electrons. The van der Waals surface area contributed by atoms with E-state index in [1.807, 2.05) is 12.1 Å².